The van der Waals surface area contributed by atoms with Crippen molar-refractivity contribution in [3.8, 4) is 5.75 Å². The largest absolute Gasteiger partial charge is 0.497 e. The number of carbonyl (C=O) groups excluding carboxylic acids is 1. The number of aryl methyl sites for hydroxylation is 1. The van der Waals surface area contributed by atoms with E-state index in [2.05, 4.69) is 15.2 Å². The van der Waals surface area contributed by atoms with Gasteiger partial charge in [0.15, 0.2) is 5.76 Å². The zero-order chi connectivity index (χ0) is 20.2. The van der Waals surface area contributed by atoms with Crippen LogP contribution in [0.25, 0.3) is 11.0 Å². The van der Waals surface area contributed by atoms with Crippen molar-refractivity contribution in [3.63, 3.8) is 0 Å². The Hall–Kier alpha value is -2.90. The number of morpholine rings is 1. The van der Waals surface area contributed by atoms with E-state index in [9.17, 15) is 4.79 Å². The number of hydrogen-bond acceptors (Lipinski definition) is 6. The Morgan fingerprint density at radius 2 is 2.00 bits per heavy atom. The molecule has 1 atom stereocenters. The molecule has 0 spiro atoms. The van der Waals surface area contributed by atoms with Crippen molar-refractivity contribution in [2.24, 2.45) is 0 Å². The highest BCUT2D eigenvalue weighted by molar-refractivity contribution is 5.99. The normalized spacial score (nSPS) is 15.9. The van der Waals surface area contributed by atoms with E-state index in [0.29, 0.717) is 36.9 Å². The molecule has 1 amide bonds. The number of fused-ring (bicyclic) bond motifs is 1. The molecule has 152 valence electrons. The fourth-order valence-electron chi connectivity index (χ4n) is 3.75. The zero-order valence-electron chi connectivity index (χ0n) is 16.7. The summed E-state index contributed by atoms with van der Waals surface area (Å²) < 4.78 is 16.6. The molecule has 0 unspecified atom stereocenters. The van der Waals surface area contributed by atoms with Gasteiger partial charge in [-0.1, -0.05) is 0 Å². The maximum atomic E-state index is 12.9. The van der Waals surface area contributed by atoms with Crippen LogP contribution in [0.4, 0.5) is 0 Å². The molecule has 3 heterocycles. The minimum absolute atomic E-state index is 0.0515. The van der Waals surface area contributed by atoms with Gasteiger partial charge in [0.25, 0.3) is 5.91 Å². The molecular weight excluding hydrogens is 370 g/mol. The third-order valence-corrected chi connectivity index (χ3v) is 5.38. The van der Waals surface area contributed by atoms with E-state index in [0.717, 1.165) is 29.6 Å². The van der Waals surface area contributed by atoms with Crippen molar-refractivity contribution >= 4 is 16.9 Å². The van der Waals surface area contributed by atoms with Crippen LogP contribution in [-0.2, 0) is 4.74 Å². The van der Waals surface area contributed by atoms with E-state index in [1.54, 1.807) is 25.6 Å². The first-order valence-electron chi connectivity index (χ1n) is 9.74. The van der Waals surface area contributed by atoms with Crippen molar-refractivity contribution in [2.75, 3.05) is 40.0 Å². The number of benzene rings is 1. The van der Waals surface area contributed by atoms with E-state index in [4.69, 9.17) is 13.9 Å². The van der Waals surface area contributed by atoms with E-state index < -0.39 is 0 Å². The molecule has 0 aliphatic carbocycles. The van der Waals surface area contributed by atoms with Crippen molar-refractivity contribution in [3.05, 3.63) is 59.6 Å². The van der Waals surface area contributed by atoms with Crippen molar-refractivity contribution in [1.29, 1.82) is 0 Å². The van der Waals surface area contributed by atoms with Crippen molar-refractivity contribution in [1.82, 2.24) is 15.2 Å². The number of ether oxygens (including phenoxy) is 2. The van der Waals surface area contributed by atoms with Gasteiger partial charge >= 0.3 is 0 Å². The Kier molecular flexibility index (Phi) is 5.78. The number of nitrogens with zero attached hydrogens (tertiary/aromatic N) is 2. The predicted molar refractivity (Wildman–Crippen MR) is 109 cm³/mol. The molecule has 3 aromatic rings. The second-order valence-electron chi connectivity index (χ2n) is 7.07. The third kappa shape index (κ3) is 4.11. The summed E-state index contributed by atoms with van der Waals surface area (Å²) in [5.74, 6) is 0.817. The Labute approximate surface area is 169 Å². The zero-order valence-corrected chi connectivity index (χ0v) is 16.7. The van der Waals surface area contributed by atoms with Gasteiger partial charge in [-0.2, -0.15) is 0 Å². The van der Waals surface area contributed by atoms with Gasteiger partial charge in [-0.05, 0) is 36.8 Å². The fraction of sp³-hybridized carbons (Fsp3) is 0.364. The Balaban J connectivity index is 1.53. The highest BCUT2D eigenvalue weighted by Gasteiger charge is 2.25. The summed E-state index contributed by atoms with van der Waals surface area (Å²) in [5.41, 5.74) is 2.59. The highest BCUT2D eigenvalue weighted by atomic mass is 16.5. The molecule has 1 N–H and O–H groups in total. The Morgan fingerprint density at radius 3 is 2.72 bits per heavy atom. The molecule has 7 heteroatoms. The van der Waals surface area contributed by atoms with Crippen LogP contribution in [0.5, 0.6) is 5.75 Å². The average Bonchev–Trinajstić information content (AvgIpc) is 3.11. The van der Waals surface area contributed by atoms with Crippen LogP contribution in [0.1, 0.15) is 27.7 Å². The molecule has 2 aromatic heterocycles. The average molecular weight is 395 g/mol. The van der Waals surface area contributed by atoms with Crippen LogP contribution < -0.4 is 10.1 Å². The van der Waals surface area contributed by atoms with Crippen LogP contribution in [0.15, 0.2) is 47.1 Å². The van der Waals surface area contributed by atoms with Gasteiger partial charge in [-0.15, -0.1) is 0 Å². The SMILES string of the molecule is COc1ccc2c(C)c(C(=O)NC[C@H](c3ccncc3)N3CCOCC3)oc2c1. The van der Waals surface area contributed by atoms with Crippen molar-refractivity contribution in [2.45, 2.75) is 13.0 Å². The smallest absolute Gasteiger partial charge is 0.287 e. The number of hydrogen-bond donors (Lipinski definition) is 1. The van der Waals surface area contributed by atoms with E-state index in [1.165, 1.54) is 0 Å². The van der Waals surface area contributed by atoms with E-state index in [-0.39, 0.29) is 11.9 Å². The first-order valence-corrected chi connectivity index (χ1v) is 9.74. The fourth-order valence-corrected chi connectivity index (χ4v) is 3.75. The number of pyridine rings is 1. The van der Waals surface area contributed by atoms with Crippen LogP contribution >= 0.6 is 0 Å². The van der Waals surface area contributed by atoms with Gasteiger partial charge in [-0.25, -0.2) is 0 Å². The Bertz CT molecular complexity index is 980. The molecule has 1 aromatic carbocycles. The molecule has 0 bridgehead atoms. The number of aromatic nitrogens is 1. The molecule has 1 fully saturated rings. The number of methoxy groups -OCH3 is 1. The molecule has 29 heavy (non-hydrogen) atoms. The number of amides is 1. The number of nitrogens with one attached hydrogen (secondary N) is 1. The molecule has 1 aliphatic rings. The number of furan rings is 1. The van der Waals surface area contributed by atoms with Crippen LogP contribution in [0.2, 0.25) is 0 Å². The summed E-state index contributed by atoms with van der Waals surface area (Å²) in [5, 5.41) is 3.97. The second-order valence-corrected chi connectivity index (χ2v) is 7.07. The summed E-state index contributed by atoms with van der Waals surface area (Å²) in [7, 11) is 1.61. The molecule has 0 saturated carbocycles. The summed E-state index contributed by atoms with van der Waals surface area (Å²) in [6, 6.07) is 9.61. The monoisotopic (exact) mass is 395 g/mol. The van der Waals surface area contributed by atoms with Gasteiger partial charge in [0.05, 0.1) is 26.4 Å². The maximum Gasteiger partial charge on any atom is 0.287 e. The minimum atomic E-state index is -0.218. The van der Waals surface area contributed by atoms with Gasteiger partial charge in [0, 0.05) is 49.0 Å². The predicted octanol–water partition coefficient (Wildman–Crippen LogP) is 2.95. The van der Waals surface area contributed by atoms with Crippen LogP contribution in [-0.4, -0.2) is 55.7 Å². The molecule has 1 aliphatic heterocycles. The van der Waals surface area contributed by atoms with Gasteiger partial charge < -0.3 is 19.2 Å². The molecule has 0 radical (unpaired) electrons. The Morgan fingerprint density at radius 1 is 1.24 bits per heavy atom. The molecule has 7 nitrogen and oxygen atoms in total. The highest BCUT2D eigenvalue weighted by Crippen LogP contribution is 2.29. The summed E-state index contributed by atoms with van der Waals surface area (Å²) in [6.45, 7) is 5.41. The first kappa shape index (κ1) is 19.4. The topological polar surface area (TPSA) is 76.8 Å². The standard InChI is InChI=1S/C22H25N3O4/c1-15-18-4-3-17(27-2)13-20(18)29-21(15)22(26)24-14-19(16-5-7-23-8-6-16)25-9-11-28-12-10-25/h3-8,13,19H,9-12,14H2,1-2H3,(H,24,26)/t19-/m1/s1. The maximum absolute atomic E-state index is 12.9. The molecular formula is C22H25N3O4. The van der Waals surface area contributed by atoms with Crippen LogP contribution in [0, 0.1) is 6.92 Å². The summed E-state index contributed by atoms with van der Waals surface area (Å²) in [4.78, 5) is 19.4. The third-order valence-electron chi connectivity index (χ3n) is 5.38. The summed E-state index contributed by atoms with van der Waals surface area (Å²) >= 11 is 0. The first-order chi connectivity index (χ1) is 14.2. The van der Waals surface area contributed by atoms with Crippen LogP contribution in [0.3, 0.4) is 0 Å². The minimum Gasteiger partial charge on any atom is -0.497 e. The molecule has 1 saturated heterocycles. The quantitative estimate of drug-likeness (QED) is 0.692. The number of rotatable bonds is 6. The lowest BCUT2D eigenvalue weighted by Crippen LogP contribution is -2.43. The second kappa shape index (κ2) is 8.63. The molecule has 4 rings (SSSR count). The van der Waals surface area contributed by atoms with E-state index in [1.807, 2.05) is 31.2 Å². The lowest BCUT2D eigenvalue weighted by atomic mass is 10.1. The lowest BCUT2D eigenvalue weighted by Gasteiger charge is -2.34. The number of carbonyl (C=O) groups is 1. The van der Waals surface area contributed by atoms with Gasteiger partial charge in [-0.3, -0.25) is 14.7 Å². The van der Waals surface area contributed by atoms with E-state index >= 15 is 0 Å². The summed E-state index contributed by atoms with van der Waals surface area (Å²) in [6.07, 6.45) is 3.56. The lowest BCUT2D eigenvalue weighted by molar-refractivity contribution is 0.0161. The van der Waals surface area contributed by atoms with Crippen molar-refractivity contribution < 1.29 is 18.7 Å². The van der Waals surface area contributed by atoms with Gasteiger partial charge in [0.2, 0.25) is 0 Å². The van der Waals surface area contributed by atoms with Gasteiger partial charge in [0.1, 0.15) is 11.3 Å².